The van der Waals surface area contributed by atoms with Crippen LogP contribution in [0, 0.1) is 6.92 Å². The van der Waals surface area contributed by atoms with Crippen LogP contribution in [-0.2, 0) is 5.41 Å². The van der Waals surface area contributed by atoms with Gasteiger partial charge in [-0.25, -0.2) is 0 Å². The highest BCUT2D eigenvalue weighted by Crippen LogP contribution is 2.28. The van der Waals surface area contributed by atoms with Crippen LogP contribution in [-0.4, -0.2) is 11.1 Å². The number of nitrogens with one attached hydrogen (secondary N) is 1. The third-order valence-corrected chi connectivity index (χ3v) is 3.25. The molecule has 0 aliphatic carbocycles. The van der Waals surface area contributed by atoms with Gasteiger partial charge in [-0.05, 0) is 19.1 Å². The Hall–Kier alpha value is -1.81. The van der Waals surface area contributed by atoms with Gasteiger partial charge in [0.15, 0.2) is 0 Å². The third-order valence-electron chi connectivity index (χ3n) is 2.92. The number of hydrogen-bond donors (Lipinski definition) is 1. The molecule has 1 aromatic carbocycles. The van der Waals surface area contributed by atoms with E-state index in [1.54, 1.807) is 19.1 Å². The van der Waals surface area contributed by atoms with Crippen molar-refractivity contribution in [2.24, 2.45) is 0 Å². The zero-order chi connectivity index (χ0) is 14.9. The molecule has 106 valence electrons. The number of aryl methyl sites for hydroxylation is 1. The molecule has 2 aromatic rings. The van der Waals surface area contributed by atoms with Crippen LogP contribution in [0.5, 0.6) is 0 Å². The van der Waals surface area contributed by atoms with Crippen molar-refractivity contribution in [2.45, 2.75) is 33.1 Å². The van der Waals surface area contributed by atoms with Gasteiger partial charge in [0, 0.05) is 5.41 Å². The maximum Gasteiger partial charge on any atom is 0.261 e. The van der Waals surface area contributed by atoms with E-state index in [1.807, 2.05) is 32.9 Å². The van der Waals surface area contributed by atoms with Crippen molar-refractivity contribution in [1.82, 2.24) is 5.16 Å². The van der Waals surface area contributed by atoms with E-state index in [2.05, 4.69) is 10.5 Å². The van der Waals surface area contributed by atoms with Crippen LogP contribution in [0.15, 0.2) is 28.8 Å². The number of halogens is 1. The van der Waals surface area contributed by atoms with Crippen LogP contribution in [0.4, 0.5) is 5.69 Å². The standard InChI is InChI=1S/C15H17ClN2O2/c1-9-12(13(18-20-9)15(2,3)4)14(19)17-11-8-6-5-7-10(11)16/h5-8H,1-4H3,(H,17,19). The summed E-state index contributed by atoms with van der Waals surface area (Å²) in [5, 5.41) is 7.29. The Labute approximate surface area is 123 Å². The molecular formula is C15H17ClN2O2. The van der Waals surface area contributed by atoms with Crippen LogP contribution < -0.4 is 5.32 Å². The zero-order valence-corrected chi connectivity index (χ0v) is 12.7. The van der Waals surface area contributed by atoms with E-state index in [0.29, 0.717) is 27.7 Å². The highest BCUT2D eigenvalue weighted by Gasteiger charge is 2.29. The number of nitrogens with zero attached hydrogens (tertiary/aromatic N) is 1. The largest absolute Gasteiger partial charge is 0.361 e. The molecule has 0 saturated carbocycles. The van der Waals surface area contributed by atoms with Gasteiger partial charge in [0.2, 0.25) is 0 Å². The number of carbonyl (C=O) groups excluding carboxylic acids is 1. The van der Waals surface area contributed by atoms with Crippen molar-refractivity contribution in [2.75, 3.05) is 5.32 Å². The number of aromatic nitrogens is 1. The Balaban J connectivity index is 2.36. The first-order valence-electron chi connectivity index (χ1n) is 6.33. The molecule has 0 unspecified atom stereocenters. The predicted octanol–water partition coefficient (Wildman–Crippen LogP) is 4.19. The van der Waals surface area contributed by atoms with E-state index in [9.17, 15) is 4.79 Å². The monoisotopic (exact) mass is 292 g/mol. The molecule has 0 radical (unpaired) electrons. The number of para-hydroxylation sites is 1. The van der Waals surface area contributed by atoms with Gasteiger partial charge in [-0.3, -0.25) is 4.79 Å². The number of rotatable bonds is 2. The smallest absolute Gasteiger partial charge is 0.261 e. The Morgan fingerprint density at radius 2 is 1.95 bits per heavy atom. The summed E-state index contributed by atoms with van der Waals surface area (Å²) in [6.07, 6.45) is 0. The lowest BCUT2D eigenvalue weighted by Crippen LogP contribution is -2.21. The Kier molecular flexibility index (Phi) is 3.86. The van der Waals surface area contributed by atoms with Gasteiger partial charge in [0.25, 0.3) is 5.91 Å². The fourth-order valence-electron chi connectivity index (χ4n) is 1.90. The number of amides is 1. The molecule has 2 rings (SSSR count). The minimum atomic E-state index is -0.273. The second kappa shape index (κ2) is 5.29. The van der Waals surface area contributed by atoms with Crippen molar-refractivity contribution in [1.29, 1.82) is 0 Å². The number of carbonyl (C=O) groups is 1. The molecule has 1 aromatic heterocycles. The van der Waals surface area contributed by atoms with Gasteiger partial charge in [-0.15, -0.1) is 0 Å². The molecule has 0 spiro atoms. The molecule has 0 aliphatic heterocycles. The van der Waals surface area contributed by atoms with Gasteiger partial charge in [-0.1, -0.05) is 49.7 Å². The second-order valence-electron chi connectivity index (χ2n) is 5.65. The summed E-state index contributed by atoms with van der Waals surface area (Å²) < 4.78 is 5.17. The fraction of sp³-hybridized carbons (Fsp3) is 0.333. The molecule has 4 nitrogen and oxygen atoms in total. The first-order valence-corrected chi connectivity index (χ1v) is 6.71. The van der Waals surface area contributed by atoms with Gasteiger partial charge < -0.3 is 9.84 Å². The molecular weight excluding hydrogens is 276 g/mol. The highest BCUT2D eigenvalue weighted by atomic mass is 35.5. The SMILES string of the molecule is Cc1onc(C(C)(C)C)c1C(=O)Nc1ccccc1Cl. The van der Waals surface area contributed by atoms with E-state index in [-0.39, 0.29) is 11.3 Å². The molecule has 0 fully saturated rings. The average Bonchev–Trinajstić information content (AvgIpc) is 2.74. The molecule has 20 heavy (non-hydrogen) atoms. The molecule has 0 aliphatic rings. The van der Waals surface area contributed by atoms with Gasteiger partial charge >= 0.3 is 0 Å². The predicted molar refractivity (Wildman–Crippen MR) is 79.3 cm³/mol. The van der Waals surface area contributed by atoms with E-state index >= 15 is 0 Å². The van der Waals surface area contributed by atoms with Crippen molar-refractivity contribution < 1.29 is 9.32 Å². The molecule has 0 atom stereocenters. The van der Waals surface area contributed by atoms with Gasteiger partial charge in [0.1, 0.15) is 17.0 Å². The average molecular weight is 293 g/mol. The summed E-state index contributed by atoms with van der Waals surface area (Å²) >= 11 is 6.05. The van der Waals surface area contributed by atoms with Gasteiger partial charge in [0.05, 0.1) is 10.7 Å². The summed E-state index contributed by atoms with van der Waals surface area (Å²) in [4.78, 5) is 12.4. The van der Waals surface area contributed by atoms with E-state index in [4.69, 9.17) is 16.1 Å². The van der Waals surface area contributed by atoms with Crippen LogP contribution in [0.3, 0.4) is 0 Å². The van der Waals surface area contributed by atoms with Gasteiger partial charge in [-0.2, -0.15) is 0 Å². The minimum absolute atomic E-state index is 0.262. The lowest BCUT2D eigenvalue weighted by molar-refractivity contribution is 0.102. The van der Waals surface area contributed by atoms with Crippen LogP contribution >= 0.6 is 11.6 Å². The Morgan fingerprint density at radius 1 is 1.30 bits per heavy atom. The topological polar surface area (TPSA) is 55.1 Å². The van der Waals surface area contributed by atoms with Crippen LogP contribution in [0.1, 0.15) is 42.6 Å². The highest BCUT2D eigenvalue weighted by molar-refractivity contribution is 6.33. The first kappa shape index (κ1) is 14.6. The summed E-state index contributed by atoms with van der Waals surface area (Å²) in [6, 6.07) is 7.10. The quantitative estimate of drug-likeness (QED) is 0.903. The summed E-state index contributed by atoms with van der Waals surface area (Å²) in [6.45, 7) is 7.67. The number of anilines is 1. The van der Waals surface area contributed by atoms with Crippen molar-refractivity contribution in [3.63, 3.8) is 0 Å². The van der Waals surface area contributed by atoms with Crippen molar-refractivity contribution in [3.8, 4) is 0 Å². The van der Waals surface area contributed by atoms with Crippen molar-refractivity contribution in [3.05, 3.63) is 46.3 Å². The molecule has 1 N–H and O–H groups in total. The third kappa shape index (κ3) is 2.85. The molecule has 5 heteroatoms. The molecule has 1 amide bonds. The summed E-state index contributed by atoms with van der Waals surface area (Å²) in [7, 11) is 0. The summed E-state index contributed by atoms with van der Waals surface area (Å²) in [5.41, 5.74) is 1.40. The lowest BCUT2D eigenvalue weighted by Gasteiger charge is -2.16. The fourth-order valence-corrected chi connectivity index (χ4v) is 2.08. The minimum Gasteiger partial charge on any atom is -0.361 e. The zero-order valence-electron chi connectivity index (χ0n) is 12.0. The first-order chi connectivity index (χ1) is 9.30. The maximum absolute atomic E-state index is 12.4. The maximum atomic E-state index is 12.4. The Bertz CT molecular complexity index is 642. The number of benzene rings is 1. The van der Waals surface area contributed by atoms with E-state index < -0.39 is 0 Å². The molecule has 0 saturated heterocycles. The van der Waals surface area contributed by atoms with E-state index in [1.165, 1.54) is 0 Å². The second-order valence-corrected chi connectivity index (χ2v) is 6.05. The molecule has 0 bridgehead atoms. The normalized spacial score (nSPS) is 11.4. The van der Waals surface area contributed by atoms with Crippen LogP contribution in [0.2, 0.25) is 5.02 Å². The molecule has 1 heterocycles. The lowest BCUT2D eigenvalue weighted by atomic mass is 9.88. The van der Waals surface area contributed by atoms with E-state index in [0.717, 1.165) is 0 Å². The van der Waals surface area contributed by atoms with Crippen molar-refractivity contribution >= 4 is 23.2 Å². The van der Waals surface area contributed by atoms with Crippen LogP contribution in [0.25, 0.3) is 0 Å². The number of hydrogen-bond acceptors (Lipinski definition) is 3. The Morgan fingerprint density at radius 3 is 2.55 bits per heavy atom. The summed E-state index contributed by atoms with van der Waals surface area (Å²) in [5.74, 6) is 0.237.